The molecule has 1 N–H and O–H groups in total. The highest BCUT2D eigenvalue weighted by Gasteiger charge is 2.54. The van der Waals surface area contributed by atoms with Crippen LogP contribution in [0.2, 0.25) is 0 Å². The number of aryl methyl sites for hydroxylation is 1. The molecule has 0 saturated heterocycles. The first-order chi connectivity index (χ1) is 9.18. The van der Waals surface area contributed by atoms with Gasteiger partial charge in [0.05, 0.1) is 0 Å². The van der Waals surface area contributed by atoms with Crippen molar-refractivity contribution in [2.24, 2.45) is 16.7 Å². The van der Waals surface area contributed by atoms with Gasteiger partial charge in [0.2, 0.25) is 5.91 Å². The highest BCUT2D eigenvalue weighted by atomic mass is 32.1. The largest absolute Gasteiger partial charge is 0.550 e. The topological polar surface area (TPSA) is 82.1 Å². The first-order valence-corrected chi connectivity index (χ1v) is 7.45. The van der Waals surface area contributed by atoms with E-state index in [-0.39, 0.29) is 11.8 Å². The summed E-state index contributed by atoms with van der Waals surface area (Å²) in [5, 5.41) is 14.8. The number of aliphatic carboxylic acids is 1. The number of rotatable bonds is 3. The number of carbonyl (C=O) groups is 2. The molecule has 1 aromatic heterocycles. The molecule has 0 bridgehead atoms. The Balaban J connectivity index is 2.18. The van der Waals surface area contributed by atoms with E-state index in [1.54, 1.807) is 13.1 Å². The third kappa shape index (κ3) is 2.22. The molecule has 2 atom stereocenters. The Labute approximate surface area is 122 Å². The third-order valence-corrected chi connectivity index (χ3v) is 5.67. The molecular formula is C14H19N2O3S-. The average molecular weight is 295 g/mol. The standard InChI is InChI=1S/C14H20N2O3S/c1-8-7-15-12(20-8)16-10(17)9-5-6-14(4,11(18)19)13(9,2)3/h7,9H,5-6H2,1-4H3,(H,18,19)(H,15,16,17)/p-1/t9-,14-/m0/s1. The molecule has 1 aliphatic carbocycles. The van der Waals surface area contributed by atoms with Gasteiger partial charge >= 0.3 is 0 Å². The van der Waals surface area contributed by atoms with Gasteiger partial charge in [-0.15, -0.1) is 11.3 Å². The lowest BCUT2D eigenvalue weighted by atomic mass is 9.65. The van der Waals surface area contributed by atoms with E-state index in [2.05, 4.69) is 10.3 Å². The zero-order chi connectivity index (χ0) is 15.1. The molecule has 20 heavy (non-hydrogen) atoms. The second-order valence-electron chi connectivity index (χ2n) is 6.20. The molecule has 5 nitrogen and oxygen atoms in total. The average Bonchev–Trinajstić information content (AvgIpc) is 2.83. The summed E-state index contributed by atoms with van der Waals surface area (Å²) in [6, 6.07) is 0. The van der Waals surface area contributed by atoms with Gasteiger partial charge in [0.25, 0.3) is 0 Å². The molecular weight excluding hydrogens is 276 g/mol. The molecule has 6 heteroatoms. The fourth-order valence-corrected chi connectivity index (χ4v) is 3.60. The molecule has 1 aromatic rings. The van der Waals surface area contributed by atoms with E-state index in [4.69, 9.17) is 0 Å². The Bertz CT molecular complexity index is 552. The van der Waals surface area contributed by atoms with Crippen molar-refractivity contribution in [3.05, 3.63) is 11.1 Å². The number of thiazole rings is 1. The molecule has 110 valence electrons. The summed E-state index contributed by atoms with van der Waals surface area (Å²) < 4.78 is 0. The zero-order valence-electron chi connectivity index (χ0n) is 12.1. The minimum atomic E-state index is -1.08. The molecule has 0 unspecified atom stereocenters. The van der Waals surface area contributed by atoms with Gasteiger partial charge in [0.15, 0.2) is 5.13 Å². The number of nitrogens with zero attached hydrogens (tertiary/aromatic N) is 1. The molecule has 1 amide bonds. The van der Waals surface area contributed by atoms with Crippen LogP contribution in [0, 0.1) is 23.7 Å². The maximum Gasteiger partial charge on any atom is 0.229 e. The fourth-order valence-electron chi connectivity index (χ4n) is 2.93. The van der Waals surface area contributed by atoms with Crippen LogP contribution in [0.25, 0.3) is 0 Å². The summed E-state index contributed by atoms with van der Waals surface area (Å²) in [6.07, 6.45) is 2.70. The lowest BCUT2D eigenvalue weighted by Gasteiger charge is -2.41. The molecule has 0 aromatic carbocycles. The second kappa shape index (κ2) is 4.84. The van der Waals surface area contributed by atoms with Gasteiger partial charge in [-0.3, -0.25) is 4.79 Å². The van der Waals surface area contributed by atoms with Gasteiger partial charge < -0.3 is 15.2 Å². The first kappa shape index (κ1) is 15.0. The molecule has 1 heterocycles. The van der Waals surface area contributed by atoms with Gasteiger partial charge in [-0.1, -0.05) is 20.8 Å². The lowest BCUT2D eigenvalue weighted by Crippen LogP contribution is -2.49. The second-order valence-corrected chi connectivity index (χ2v) is 7.43. The van der Waals surface area contributed by atoms with E-state index in [0.717, 1.165) is 4.88 Å². The minimum absolute atomic E-state index is 0.158. The molecule has 2 rings (SSSR count). The molecule has 0 radical (unpaired) electrons. The summed E-state index contributed by atoms with van der Waals surface area (Å²) in [6.45, 7) is 7.24. The Morgan fingerprint density at radius 2 is 2.10 bits per heavy atom. The van der Waals surface area contributed by atoms with Crippen LogP contribution >= 0.6 is 11.3 Å². The van der Waals surface area contributed by atoms with Gasteiger partial charge in [0, 0.05) is 28.4 Å². The van der Waals surface area contributed by atoms with Crippen molar-refractivity contribution < 1.29 is 14.7 Å². The summed E-state index contributed by atoms with van der Waals surface area (Å²) >= 11 is 1.41. The Kier molecular flexibility index (Phi) is 3.62. The summed E-state index contributed by atoms with van der Waals surface area (Å²) in [4.78, 5) is 28.9. The predicted octanol–water partition coefficient (Wildman–Crippen LogP) is 1.58. The molecule has 1 saturated carbocycles. The van der Waals surface area contributed by atoms with E-state index in [1.165, 1.54) is 11.3 Å². The summed E-state index contributed by atoms with van der Waals surface area (Å²) in [5.41, 5.74) is -1.63. The van der Waals surface area contributed by atoms with Crippen LogP contribution in [-0.4, -0.2) is 16.9 Å². The SMILES string of the molecule is Cc1cnc(NC(=O)[C@@H]2CC[C@@](C)(C(=O)[O-])C2(C)C)s1. The maximum absolute atomic E-state index is 12.4. The van der Waals surface area contributed by atoms with Crippen LogP contribution < -0.4 is 10.4 Å². The third-order valence-electron chi connectivity index (χ3n) is 4.84. The van der Waals surface area contributed by atoms with Crippen LogP contribution in [0.15, 0.2) is 6.20 Å². The van der Waals surface area contributed by atoms with E-state index in [9.17, 15) is 14.7 Å². The van der Waals surface area contributed by atoms with Crippen LogP contribution in [0.5, 0.6) is 0 Å². The van der Waals surface area contributed by atoms with Crippen LogP contribution in [0.4, 0.5) is 5.13 Å². The number of carboxylic acids is 1. The van der Waals surface area contributed by atoms with Crippen LogP contribution in [0.1, 0.15) is 38.5 Å². The molecule has 1 aliphatic rings. The number of carboxylic acid groups (broad SMARTS) is 1. The number of hydrogen-bond donors (Lipinski definition) is 1. The number of amides is 1. The Morgan fingerprint density at radius 1 is 1.45 bits per heavy atom. The van der Waals surface area contributed by atoms with Crippen molar-refractivity contribution in [1.29, 1.82) is 0 Å². The minimum Gasteiger partial charge on any atom is -0.550 e. The fraction of sp³-hybridized carbons (Fsp3) is 0.643. The predicted molar refractivity (Wildman–Crippen MR) is 75.1 cm³/mol. The first-order valence-electron chi connectivity index (χ1n) is 6.63. The van der Waals surface area contributed by atoms with Crippen LogP contribution in [0.3, 0.4) is 0 Å². The van der Waals surface area contributed by atoms with E-state index < -0.39 is 16.8 Å². The Morgan fingerprint density at radius 3 is 2.55 bits per heavy atom. The van der Waals surface area contributed by atoms with Crippen molar-refractivity contribution >= 4 is 28.3 Å². The zero-order valence-corrected chi connectivity index (χ0v) is 13.0. The number of aromatic nitrogens is 1. The van der Waals surface area contributed by atoms with Gasteiger partial charge in [-0.2, -0.15) is 0 Å². The van der Waals surface area contributed by atoms with E-state index in [1.807, 2.05) is 20.8 Å². The van der Waals surface area contributed by atoms with Crippen LogP contribution in [-0.2, 0) is 9.59 Å². The van der Waals surface area contributed by atoms with E-state index in [0.29, 0.717) is 18.0 Å². The van der Waals surface area contributed by atoms with E-state index >= 15 is 0 Å². The van der Waals surface area contributed by atoms with Crippen molar-refractivity contribution in [1.82, 2.24) is 4.98 Å². The van der Waals surface area contributed by atoms with Gasteiger partial charge in [-0.25, -0.2) is 4.98 Å². The highest BCUT2D eigenvalue weighted by molar-refractivity contribution is 7.15. The smallest absolute Gasteiger partial charge is 0.229 e. The van der Waals surface area contributed by atoms with Crippen molar-refractivity contribution in [2.75, 3.05) is 5.32 Å². The Hall–Kier alpha value is -1.43. The molecule has 1 fully saturated rings. The number of hydrogen-bond acceptors (Lipinski definition) is 5. The lowest BCUT2D eigenvalue weighted by molar-refractivity contribution is -0.323. The van der Waals surface area contributed by atoms with Crippen molar-refractivity contribution in [3.8, 4) is 0 Å². The van der Waals surface area contributed by atoms with Crippen molar-refractivity contribution in [2.45, 2.75) is 40.5 Å². The van der Waals surface area contributed by atoms with Gasteiger partial charge in [-0.05, 0) is 25.2 Å². The quantitative estimate of drug-likeness (QED) is 0.918. The normalized spacial score (nSPS) is 28.3. The molecule has 0 aliphatic heterocycles. The van der Waals surface area contributed by atoms with Gasteiger partial charge in [0.1, 0.15) is 0 Å². The highest BCUT2D eigenvalue weighted by Crippen LogP contribution is 2.55. The number of carbonyl (C=O) groups excluding carboxylic acids is 2. The summed E-state index contributed by atoms with van der Waals surface area (Å²) in [7, 11) is 0. The number of anilines is 1. The monoisotopic (exact) mass is 295 g/mol. The number of nitrogens with one attached hydrogen (secondary N) is 1. The summed E-state index contributed by atoms with van der Waals surface area (Å²) in [5.74, 6) is -1.59. The maximum atomic E-state index is 12.4. The van der Waals surface area contributed by atoms with Crippen molar-refractivity contribution in [3.63, 3.8) is 0 Å². The molecule has 0 spiro atoms.